The van der Waals surface area contributed by atoms with Gasteiger partial charge in [-0.05, 0) is 37.6 Å². The zero-order chi connectivity index (χ0) is 15.5. The lowest BCUT2D eigenvalue weighted by Gasteiger charge is -2.35. The highest BCUT2D eigenvalue weighted by molar-refractivity contribution is 5.94. The minimum Gasteiger partial charge on any atom is -0.372 e. The van der Waals surface area contributed by atoms with E-state index in [1.54, 1.807) is 6.20 Å². The minimum atomic E-state index is 0.0734. The molecule has 0 aliphatic carbocycles. The monoisotopic (exact) mass is 299 g/mol. The average molecular weight is 299 g/mol. The summed E-state index contributed by atoms with van der Waals surface area (Å²) in [5.74, 6) is 0.0734. The molecule has 2 heterocycles. The van der Waals surface area contributed by atoms with E-state index >= 15 is 0 Å². The Kier molecular flexibility index (Phi) is 4.24. The number of nitrogens with zero attached hydrogens (tertiary/aromatic N) is 3. The number of benzene rings is 1. The van der Waals surface area contributed by atoms with Crippen molar-refractivity contribution in [1.82, 2.24) is 14.7 Å². The zero-order valence-electron chi connectivity index (χ0n) is 13.0. The molecule has 0 radical (unpaired) electrons. The molecular weight excluding hydrogens is 278 g/mol. The van der Waals surface area contributed by atoms with Crippen molar-refractivity contribution in [3.63, 3.8) is 0 Å². The number of ether oxygens (including phenoxy) is 1. The Morgan fingerprint density at radius 3 is 2.73 bits per heavy atom. The van der Waals surface area contributed by atoms with Crippen molar-refractivity contribution in [2.24, 2.45) is 0 Å². The molecule has 5 nitrogen and oxygen atoms in total. The van der Waals surface area contributed by atoms with Crippen LogP contribution in [0.1, 0.15) is 29.8 Å². The lowest BCUT2D eigenvalue weighted by Crippen LogP contribution is -2.48. The maximum atomic E-state index is 12.7. The maximum Gasteiger partial charge on any atom is 0.254 e. The molecule has 0 saturated carbocycles. The molecule has 1 aliphatic heterocycles. The Morgan fingerprint density at radius 1 is 1.27 bits per heavy atom. The number of carbonyl (C=O) groups excluding carboxylic acids is 1. The van der Waals surface area contributed by atoms with Gasteiger partial charge in [0.2, 0.25) is 0 Å². The van der Waals surface area contributed by atoms with Crippen molar-refractivity contribution >= 4 is 5.91 Å². The summed E-state index contributed by atoms with van der Waals surface area (Å²) >= 11 is 0. The lowest BCUT2D eigenvalue weighted by atomic mass is 10.1. The summed E-state index contributed by atoms with van der Waals surface area (Å²) in [5, 5.41) is 4.20. The summed E-state index contributed by atoms with van der Waals surface area (Å²) < 4.78 is 7.54. The lowest BCUT2D eigenvalue weighted by molar-refractivity contribution is -0.0586. The van der Waals surface area contributed by atoms with E-state index in [-0.39, 0.29) is 18.1 Å². The van der Waals surface area contributed by atoms with Crippen LogP contribution in [0.4, 0.5) is 0 Å². The van der Waals surface area contributed by atoms with Crippen LogP contribution in [0.15, 0.2) is 42.7 Å². The van der Waals surface area contributed by atoms with E-state index in [0.29, 0.717) is 19.6 Å². The van der Waals surface area contributed by atoms with Gasteiger partial charge in [0, 0.05) is 31.0 Å². The Labute approximate surface area is 130 Å². The molecule has 22 heavy (non-hydrogen) atoms. The SMILES string of the molecule is CC1CN(C(=O)c2cccc(Cn3cccn3)c2)CC(C)O1. The van der Waals surface area contributed by atoms with Gasteiger partial charge in [-0.3, -0.25) is 9.48 Å². The second-order valence-corrected chi connectivity index (χ2v) is 5.87. The van der Waals surface area contributed by atoms with E-state index in [0.717, 1.165) is 11.1 Å². The van der Waals surface area contributed by atoms with Gasteiger partial charge in [-0.25, -0.2) is 0 Å². The van der Waals surface area contributed by atoms with Gasteiger partial charge in [-0.2, -0.15) is 5.10 Å². The predicted molar refractivity (Wildman–Crippen MR) is 83.7 cm³/mol. The number of rotatable bonds is 3. The van der Waals surface area contributed by atoms with Gasteiger partial charge in [0.15, 0.2) is 0 Å². The summed E-state index contributed by atoms with van der Waals surface area (Å²) in [6.07, 6.45) is 3.84. The molecule has 3 rings (SSSR count). The highest BCUT2D eigenvalue weighted by atomic mass is 16.5. The first-order valence-electron chi connectivity index (χ1n) is 7.63. The summed E-state index contributed by atoms with van der Waals surface area (Å²) in [5.41, 5.74) is 1.80. The van der Waals surface area contributed by atoms with Gasteiger partial charge in [-0.15, -0.1) is 0 Å². The van der Waals surface area contributed by atoms with Crippen LogP contribution in [0.2, 0.25) is 0 Å². The summed E-state index contributed by atoms with van der Waals surface area (Å²) in [4.78, 5) is 14.6. The average Bonchev–Trinajstić information content (AvgIpc) is 2.98. The van der Waals surface area contributed by atoms with Gasteiger partial charge in [-0.1, -0.05) is 12.1 Å². The normalized spacial score (nSPS) is 21.8. The second kappa shape index (κ2) is 6.32. The van der Waals surface area contributed by atoms with Crippen LogP contribution in [0.25, 0.3) is 0 Å². The van der Waals surface area contributed by atoms with Gasteiger partial charge in [0.05, 0.1) is 18.8 Å². The number of carbonyl (C=O) groups is 1. The number of hydrogen-bond donors (Lipinski definition) is 0. The molecule has 1 amide bonds. The highest BCUT2D eigenvalue weighted by Gasteiger charge is 2.26. The molecule has 1 saturated heterocycles. The molecule has 1 aliphatic rings. The van der Waals surface area contributed by atoms with Gasteiger partial charge in [0.25, 0.3) is 5.91 Å². The number of aromatic nitrogens is 2. The van der Waals surface area contributed by atoms with Crippen LogP contribution in [-0.2, 0) is 11.3 Å². The van der Waals surface area contributed by atoms with Crippen LogP contribution in [0.3, 0.4) is 0 Å². The molecular formula is C17H21N3O2. The topological polar surface area (TPSA) is 47.4 Å². The Hall–Kier alpha value is -2.14. The largest absolute Gasteiger partial charge is 0.372 e. The van der Waals surface area contributed by atoms with Crippen LogP contribution in [0.5, 0.6) is 0 Å². The molecule has 1 aromatic heterocycles. The highest BCUT2D eigenvalue weighted by Crippen LogP contribution is 2.15. The molecule has 0 bridgehead atoms. The fraction of sp³-hybridized carbons (Fsp3) is 0.412. The number of amides is 1. The molecule has 2 aromatic rings. The molecule has 2 unspecified atom stereocenters. The van der Waals surface area contributed by atoms with Gasteiger partial charge < -0.3 is 9.64 Å². The molecule has 0 N–H and O–H groups in total. The third-order valence-electron chi connectivity index (χ3n) is 3.78. The van der Waals surface area contributed by atoms with Crippen molar-refractivity contribution in [2.45, 2.75) is 32.6 Å². The van der Waals surface area contributed by atoms with Gasteiger partial charge in [0.1, 0.15) is 0 Å². The molecule has 0 spiro atoms. The summed E-state index contributed by atoms with van der Waals surface area (Å²) in [7, 11) is 0. The van der Waals surface area contributed by atoms with Crippen molar-refractivity contribution < 1.29 is 9.53 Å². The molecule has 116 valence electrons. The number of morpholine rings is 1. The van der Waals surface area contributed by atoms with Crippen molar-refractivity contribution in [1.29, 1.82) is 0 Å². The smallest absolute Gasteiger partial charge is 0.254 e. The van der Waals surface area contributed by atoms with Crippen molar-refractivity contribution in [3.05, 3.63) is 53.9 Å². The Bertz CT molecular complexity index is 629. The van der Waals surface area contributed by atoms with E-state index in [1.807, 2.05) is 60.0 Å². The third kappa shape index (κ3) is 3.36. The first-order valence-corrected chi connectivity index (χ1v) is 7.63. The van der Waals surface area contributed by atoms with E-state index in [2.05, 4.69) is 5.10 Å². The minimum absolute atomic E-state index is 0.0734. The fourth-order valence-electron chi connectivity index (χ4n) is 2.91. The molecule has 5 heteroatoms. The molecule has 1 aromatic carbocycles. The second-order valence-electron chi connectivity index (χ2n) is 5.87. The first-order chi connectivity index (χ1) is 10.6. The van der Waals surface area contributed by atoms with Crippen LogP contribution in [-0.4, -0.2) is 45.9 Å². The molecule has 1 fully saturated rings. The van der Waals surface area contributed by atoms with Crippen LogP contribution >= 0.6 is 0 Å². The Morgan fingerprint density at radius 2 is 2.05 bits per heavy atom. The first kappa shape index (κ1) is 14.8. The van der Waals surface area contributed by atoms with Crippen LogP contribution < -0.4 is 0 Å². The van der Waals surface area contributed by atoms with E-state index in [1.165, 1.54) is 0 Å². The maximum absolute atomic E-state index is 12.7. The van der Waals surface area contributed by atoms with E-state index in [4.69, 9.17) is 4.74 Å². The predicted octanol–water partition coefficient (Wildman–Crippen LogP) is 2.18. The standard InChI is InChI=1S/C17H21N3O2/c1-13-10-19(11-14(2)22-13)17(21)16-6-3-5-15(9-16)12-20-8-4-7-18-20/h3-9,13-14H,10-12H2,1-2H3. The summed E-state index contributed by atoms with van der Waals surface area (Å²) in [6.45, 7) is 5.97. The van der Waals surface area contributed by atoms with Gasteiger partial charge >= 0.3 is 0 Å². The van der Waals surface area contributed by atoms with Crippen LogP contribution in [0, 0.1) is 0 Å². The number of hydrogen-bond acceptors (Lipinski definition) is 3. The molecule has 2 atom stereocenters. The quantitative estimate of drug-likeness (QED) is 0.873. The zero-order valence-corrected chi connectivity index (χ0v) is 13.0. The van der Waals surface area contributed by atoms with E-state index < -0.39 is 0 Å². The third-order valence-corrected chi connectivity index (χ3v) is 3.78. The fourth-order valence-corrected chi connectivity index (χ4v) is 2.91. The van der Waals surface area contributed by atoms with Crippen molar-refractivity contribution in [3.8, 4) is 0 Å². The Balaban J connectivity index is 1.75. The summed E-state index contributed by atoms with van der Waals surface area (Å²) in [6, 6.07) is 9.67. The van der Waals surface area contributed by atoms with E-state index in [9.17, 15) is 4.79 Å². The van der Waals surface area contributed by atoms with Crippen molar-refractivity contribution in [2.75, 3.05) is 13.1 Å².